The molecule has 6 nitrogen and oxygen atoms in total. The first-order valence-corrected chi connectivity index (χ1v) is 1.75. The predicted molar refractivity (Wildman–Crippen MR) is 26.3 cm³/mol. The van der Waals surface area contributed by atoms with E-state index >= 15 is 0 Å². The molecule has 0 rings (SSSR count). The molecule has 0 unspecified atom stereocenters. The fourth-order valence-electron chi connectivity index (χ4n) is 0.147. The van der Waals surface area contributed by atoms with Crippen molar-refractivity contribution < 1.29 is 8.63 Å². The summed E-state index contributed by atoms with van der Waals surface area (Å²) in [5.74, 6) is 0. The molecule has 0 aromatic carbocycles. The molecule has 0 aliphatic carbocycles. The van der Waals surface area contributed by atoms with Gasteiger partial charge in [0.2, 0.25) is 0 Å². The summed E-state index contributed by atoms with van der Waals surface area (Å²) in [6.45, 7) is -4.57. The Labute approximate surface area is 47.8 Å². The molecule has 0 saturated carbocycles. The van der Waals surface area contributed by atoms with Gasteiger partial charge in [0.25, 0.3) is 0 Å². The zero-order valence-corrected chi connectivity index (χ0v) is 4.02. The summed E-state index contributed by atoms with van der Waals surface area (Å²) in [4.78, 5) is 3.53. The molecule has 0 radical (unpaired) electrons. The molecule has 0 aliphatic heterocycles. The Balaban J connectivity index is 4.36. The summed E-state index contributed by atoms with van der Waals surface area (Å²) in [7, 11) is 0. The molecule has 0 atom stereocenters. The maximum atomic E-state index is 11.6. The van der Waals surface area contributed by atoms with Crippen LogP contribution in [0.1, 0.15) is 0 Å². The second-order valence-electron chi connectivity index (χ2n) is 0.998. The van der Waals surface area contributed by atoms with Gasteiger partial charge in [-0.1, -0.05) is 0 Å². The molecule has 0 aliphatic rings. The summed E-state index contributed by atoms with van der Waals surface area (Å²) < 4.78 is 23.3. The molecule has 9 heavy (non-hydrogen) atoms. The molecule has 0 N–H and O–H groups in total. The largest absolute Gasteiger partial charge is 0.472 e. The lowest BCUT2D eigenvalue weighted by molar-refractivity contribution is 0.601. The third kappa shape index (κ3) is 3.16. The Kier molecular flexibility index (Phi) is 2.31. The molecule has 0 heterocycles. The Morgan fingerprint density at radius 2 is 1.44 bits per heavy atom. The van der Waals surface area contributed by atoms with Crippen molar-refractivity contribution in [2.45, 2.75) is 0 Å². The van der Waals surface area contributed by atoms with Gasteiger partial charge in [0.15, 0.2) is 0 Å². The van der Waals surface area contributed by atoms with Gasteiger partial charge in [-0.3, -0.25) is 0 Å². The van der Waals surface area contributed by atoms with Crippen molar-refractivity contribution in [1.29, 1.82) is 0 Å². The van der Waals surface area contributed by atoms with Gasteiger partial charge in [0, 0.05) is 0 Å². The first-order valence-electron chi connectivity index (χ1n) is 1.75. The quantitative estimate of drug-likeness (QED) is 0.238. The zero-order chi connectivity index (χ0) is 7.33. The monoisotopic (exact) mass is 133 g/mol. The Hall–Kier alpha value is -1.46. The zero-order valence-electron chi connectivity index (χ0n) is 4.02. The van der Waals surface area contributed by atoms with E-state index in [9.17, 15) is 8.63 Å². The van der Waals surface area contributed by atoms with Crippen LogP contribution in [-0.4, -0.2) is 6.97 Å². The third-order valence-electron chi connectivity index (χ3n) is 0.381. The van der Waals surface area contributed by atoms with Crippen molar-refractivity contribution in [2.24, 2.45) is 10.1 Å². The van der Waals surface area contributed by atoms with E-state index in [1.807, 2.05) is 10.1 Å². The maximum Gasteiger partial charge on any atom is 0.448 e. The first kappa shape index (κ1) is 7.54. The first-order chi connectivity index (χ1) is 4.12. The summed E-state index contributed by atoms with van der Waals surface area (Å²) in [6, 6.07) is 0. The highest BCUT2D eigenvalue weighted by atomic mass is 19.2. The smallest absolute Gasteiger partial charge is 0.448 e. The topological polar surface area (TPSA) is 97.5 Å². The predicted octanol–water partition coefficient (Wildman–Crippen LogP) is 1.98. The van der Waals surface area contributed by atoms with Crippen LogP contribution in [0, 0.1) is 0 Å². The lowest BCUT2D eigenvalue weighted by atomic mass is 10.1. The summed E-state index contributed by atoms with van der Waals surface area (Å²) >= 11 is 0. The van der Waals surface area contributed by atoms with E-state index in [4.69, 9.17) is 11.1 Å². The fourth-order valence-corrected chi connectivity index (χ4v) is 0.147. The molecule has 0 fully saturated rings. The summed E-state index contributed by atoms with van der Waals surface area (Å²) in [6.07, 6.45) is 0. The number of hydrogen-bond acceptors (Lipinski definition) is 2. The molecule has 0 amide bonds. The van der Waals surface area contributed by atoms with E-state index < -0.39 is 6.97 Å². The Morgan fingerprint density at radius 1 is 1.11 bits per heavy atom. The fraction of sp³-hybridized carbons (Fsp3) is 0. The van der Waals surface area contributed by atoms with Crippen molar-refractivity contribution >= 4 is 6.97 Å². The van der Waals surface area contributed by atoms with Crippen LogP contribution in [0.15, 0.2) is 10.1 Å². The normalized spacial score (nSPS) is 9.11. The molecule has 0 saturated heterocycles. The SMILES string of the molecule is [N-]=[N+]=N[B-](F)(F)N=[N+]=[N-]. The van der Waals surface area contributed by atoms with Crippen LogP contribution in [0.25, 0.3) is 20.9 Å². The van der Waals surface area contributed by atoms with Gasteiger partial charge in [-0.15, -0.1) is 0 Å². The highest BCUT2D eigenvalue weighted by molar-refractivity contribution is 6.61. The van der Waals surface area contributed by atoms with Crippen molar-refractivity contribution in [3.05, 3.63) is 20.9 Å². The third-order valence-corrected chi connectivity index (χ3v) is 0.381. The van der Waals surface area contributed by atoms with Crippen LogP contribution >= 0.6 is 0 Å². The van der Waals surface area contributed by atoms with Crippen LogP contribution in [0.5, 0.6) is 0 Å². The molecule has 0 aromatic heterocycles. The number of nitrogens with zero attached hydrogens (tertiary/aromatic N) is 6. The molecule has 0 bridgehead atoms. The summed E-state index contributed by atoms with van der Waals surface area (Å²) in [5, 5.41) is 3.87. The second-order valence-corrected chi connectivity index (χ2v) is 0.998. The minimum atomic E-state index is -4.57. The van der Waals surface area contributed by atoms with Gasteiger partial charge >= 0.3 is 6.97 Å². The van der Waals surface area contributed by atoms with E-state index in [-0.39, 0.29) is 0 Å². The van der Waals surface area contributed by atoms with E-state index in [1.54, 1.807) is 9.82 Å². The van der Waals surface area contributed by atoms with E-state index in [1.165, 1.54) is 0 Å². The van der Waals surface area contributed by atoms with Gasteiger partial charge in [0.05, 0.1) is 0 Å². The van der Waals surface area contributed by atoms with Gasteiger partial charge in [-0.05, 0) is 20.9 Å². The van der Waals surface area contributed by atoms with Crippen LogP contribution in [0.3, 0.4) is 0 Å². The average molecular weight is 133 g/mol. The number of hydrogen-bond donors (Lipinski definition) is 0. The van der Waals surface area contributed by atoms with Crippen molar-refractivity contribution in [1.82, 2.24) is 0 Å². The lowest BCUT2D eigenvalue weighted by Crippen LogP contribution is -2.12. The number of azide groups is 1. The van der Waals surface area contributed by atoms with Crippen LogP contribution in [0.4, 0.5) is 8.63 Å². The van der Waals surface area contributed by atoms with Crippen LogP contribution in [0.2, 0.25) is 0 Å². The minimum Gasteiger partial charge on any atom is -0.472 e. The average Bonchev–Trinajstić information content (AvgIpc) is 1.64. The number of halogens is 2. The van der Waals surface area contributed by atoms with E-state index in [0.717, 1.165) is 0 Å². The standard InChI is InChI=1S/BF2N6/c2-1(3,6-8-4)7-9-5/q-1. The molecule has 0 aromatic rings. The van der Waals surface area contributed by atoms with Gasteiger partial charge < -0.3 is 8.63 Å². The summed E-state index contributed by atoms with van der Waals surface area (Å²) in [5.41, 5.74) is 14.9. The van der Waals surface area contributed by atoms with Gasteiger partial charge in [0.1, 0.15) is 0 Å². The number of rotatable bonds is 2. The molecular weight excluding hydrogens is 133 g/mol. The highest BCUT2D eigenvalue weighted by Gasteiger charge is 2.16. The van der Waals surface area contributed by atoms with Crippen molar-refractivity contribution in [2.75, 3.05) is 0 Å². The molecule has 0 spiro atoms. The van der Waals surface area contributed by atoms with Crippen molar-refractivity contribution in [3.63, 3.8) is 0 Å². The van der Waals surface area contributed by atoms with Crippen LogP contribution in [-0.2, 0) is 0 Å². The second kappa shape index (κ2) is 2.76. The van der Waals surface area contributed by atoms with Gasteiger partial charge in [-0.25, -0.2) is 10.1 Å². The minimum absolute atomic E-state index is 1.76. The Bertz CT molecular complexity index is 163. The maximum absolute atomic E-state index is 11.6. The van der Waals surface area contributed by atoms with Crippen molar-refractivity contribution in [3.8, 4) is 0 Å². The van der Waals surface area contributed by atoms with E-state index in [2.05, 4.69) is 0 Å². The molecular formula is BF2N6-. The molecule has 9 heteroatoms. The van der Waals surface area contributed by atoms with E-state index in [0.29, 0.717) is 0 Å². The highest BCUT2D eigenvalue weighted by Crippen LogP contribution is 2.09. The van der Waals surface area contributed by atoms with Crippen LogP contribution < -0.4 is 0 Å². The lowest BCUT2D eigenvalue weighted by Gasteiger charge is -2.07. The van der Waals surface area contributed by atoms with Gasteiger partial charge in [-0.2, -0.15) is 0 Å². The Morgan fingerprint density at radius 3 is 1.67 bits per heavy atom. The molecule has 48 valence electrons.